The lowest BCUT2D eigenvalue weighted by atomic mass is 9.87. The van der Waals surface area contributed by atoms with Gasteiger partial charge in [0.1, 0.15) is 0 Å². The molecule has 2 saturated carbocycles. The molecule has 0 aliphatic heterocycles. The molecule has 4 aliphatic carbocycles. The van der Waals surface area contributed by atoms with E-state index < -0.39 is 26.0 Å². The summed E-state index contributed by atoms with van der Waals surface area (Å²) in [6.45, 7) is 2.10. The van der Waals surface area contributed by atoms with Crippen molar-refractivity contribution in [3.05, 3.63) is 129 Å². The maximum Gasteiger partial charge on any atom is 0.306 e. The number of nitrogens with one attached hydrogen (secondary N) is 2. The van der Waals surface area contributed by atoms with Gasteiger partial charge in [0, 0.05) is 52.9 Å². The zero-order valence-corrected chi connectivity index (χ0v) is 40.9. The summed E-state index contributed by atoms with van der Waals surface area (Å²) in [6.07, 6.45) is 8.58. The molecular weight excluding hydrogens is 920 g/mol. The molecule has 8 rings (SSSR count). The number of carbonyl (C=O) groups is 1. The lowest BCUT2D eigenvalue weighted by Gasteiger charge is -2.28. The van der Waals surface area contributed by atoms with Gasteiger partial charge < -0.3 is 19.3 Å². The zero-order chi connectivity index (χ0) is 47.0. The lowest BCUT2D eigenvalue weighted by Crippen LogP contribution is -2.38. The standard InChI is InChI=1S/C26H32ClNO4S.C25H28ClNO5S/c1-31-14-13-18-3-7-20(8-4-18)25-16-21-15-23(11-12-24(21)26(25)27)33(29,30)28-22-9-5-19(6-10-22)17-32-2;1-32-13-12-16-2-4-17(5-3-16)23-15-19-14-21(10-11-22(19)24(23)26)33(30,31)27-20-8-6-18(7-9-20)25(28)29/h3-4,7-8,11-12,15,19,22,28H,5-6,9-10,13-14,16-17H2,1-2H3;2-5,10-11,14,18,20,27H,6-9,12-13,15H2,1H3,(H,28,29). The Morgan fingerprint density at radius 2 is 1.00 bits per heavy atom. The molecule has 0 radical (unpaired) electrons. The van der Waals surface area contributed by atoms with Crippen LogP contribution < -0.4 is 9.44 Å². The van der Waals surface area contributed by atoms with Crippen LogP contribution in [0.5, 0.6) is 0 Å². The average molecular weight is 980 g/mol. The number of ether oxygens (including phenoxy) is 3. The SMILES string of the molecule is COCCc1ccc(C2=C(Cl)c3ccc(S(=O)(=O)NC4CCC(C(=O)O)CC4)cc3C2)cc1.COCCc1ccc(C2=C(Cl)c3ccc(S(=O)(=O)NC4CCC(COC)CC4)cc3C2)cc1. The number of halogens is 2. The second-order valence-electron chi connectivity index (χ2n) is 17.8. The number of allylic oxidation sites excluding steroid dienone is 2. The fourth-order valence-corrected chi connectivity index (χ4v) is 12.8. The summed E-state index contributed by atoms with van der Waals surface area (Å²) in [4.78, 5) is 11.6. The summed E-state index contributed by atoms with van der Waals surface area (Å²) in [5.74, 6) is -0.664. The maximum absolute atomic E-state index is 13.1. The Morgan fingerprint density at radius 1 is 0.591 bits per heavy atom. The number of carboxylic acids is 1. The predicted molar refractivity (Wildman–Crippen MR) is 261 cm³/mol. The quantitative estimate of drug-likeness (QED) is 0.0938. The summed E-state index contributed by atoms with van der Waals surface area (Å²) in [5.41, 5.74) is 10.1. The van der Waals surface area contributed by atoms with Gasteiger partial charge in [0.2, 0.25) is 20.0 Å². The molecular formula is C51H60Cl2N2O9S2. The molecule has 0 heterocycles. The third-order valence-electron chi connectivity index (χ3n) is 13.3. The van der Waals surface area contributed by atoms with Crippen molar-refractivity contribution in [3.8, 4) is 0 Å². The molecule has 0 atom stereocenters. The Kier molecular flexibility index (Phi) is 17.0. The van der Waals surface area contributed by atoms with Gasteiger partial charge >= 0.3 is 5.97 Å². The van der Waals surface area contributed by atoms with Crippen LogP contribution >= 0.6 is 23.2 Å². The van der Waals surface area contributed by atoms with Crippen molar-refractivity contribution in [2.75, 3.05) is 41.2 Å². The number of rotatable bonds is 17. The number of sulfonamides is 2. The largest absolute Gasteiger partial charge is 0.481 e. The van der Waals surface area contributed by atoms with E-state index in [9.17, 15) is 21.6 Å². The van der Waals surface area contributed by atoms with E-state index in [2.05, 4.69) is 45.8 Å². The molecule has 3 N–H and O–H groups in total. The summed E-state index contributed by atoms with van der Waals surface area (Å²) < 4.78 is 73.3. The van der Waals surface area contributed by atoms with E-state index in [4.69, 9.17) is 42.5 Å². The van der Waals surface area contributed by atoms with E-state index in [1.54, 1.807) is 51.7 Å². The van der Waals surface area contributed by atoms with Crippen LogP contribution in [-0.4, -0.2) is 81.1 Å². The number of methoxy groups -OCH3 is 3. The maximum atomic E-state index is 13.1. The molecule has 0 unspecified atom stereocenters. The molecule has 4 aliphatic rings. The molecule has 15 heteroatoms. The Labute approximate surface area is 400 Å². The molecule has 0 spiro atoms. The topological polar surface area (TPSA) is 157 Å². The Bertz CT molecular complexity index is 2640. The van der Waals surface area contributed by atoms with Gasteiger partial charge in [-0.05, 0) is 150 Å². The fraction of sp³-hybridized carbons (Fsp3) is 0.431. The smallest absolute Gasteiger partial charge is 0.306 e. The molecule has 66 heavy (non-hydrogen) atoms. The zero-order valence-electron chi connectivity index (χ0n) is 37.8. The number of fused-ring (bicyclic) bond motifs is 2. The van der Waals surface area contributed by atoms with Crippen molar-refractivity contribution in [2.24, 2.45) is 11.8 Å². The van der Waals surface area contributed by atoms with Gasteiger partial charge in [-0.3, -0.25) is 4.79 Å². The van der Waals surface area contributed by atoms with Crippen LogP contribution in [0.15, 0.2) is 94.7 Å². The molecule has 0 aromatic heterocycles. The van der Waals surface area contributed by atoms with E-state index in [-0.39, 0.29) is 22.9 Å². The molecule has 0 bridgehead atoms. The summed E-state index contributed by atoms with van der Waals surface area (Å²) in [6, 6.07) is 26.6. The van der Waals surface area contributed by atoms with Crippen LogP contribution in [0.4, 0.5) is 0 Å². The first-order valence-electron chi connectivity index (χ1n) is 22.7. The Balaban J connectivity index is 0.000000196. The third-order valence-corrected chi connectivity index (χ3v) is 17.2. The number of aliphatic carboxylic acids is 1. The van der Waals surface area contributed by atoms with Gasteiger partial charge in [-0.25, -0.2) is 26.3 Å². The van der Waals surface area contributed by atoms with E-state index in [1.165, 1.54) is 11.1 Å². The molecule has 4 aromatic rings. The van der Waals surface area contributed by atoms with E-state index in [0.29, 0.717) is 72.6 Å². The first-order valence-corrected chi connectivity index (χ1v) is 26.4. The summed E-state index contributed by atoms with van der Waals surface area (Å²) >= 11 is 13.4. The Morgan fingerprint density at radius 3 is 1.38 bits per heavy atom. The first-order chi connectivity index (χ1) is 31.7. The molecule has 0 amide bonds. The molecule has 11 nitrogen and oxygen atoms in total. The molecule has 2 fully saturated rings. The predicted octanol–water partition coefficient (Wildman–Crippen LogP) is 9.48. The van der Waals surface area contributed by atoms with E-state index in [0.717, 1.165) is 89.7 Å². The number of hydrogen-bond donors (Lipinski definition) is 3. The van der Waals surface area contributed by atoms with Crippen LogP contribution in [0.3, 0.4) is 0 Å². The molecule has 0 saturated heterocycles. The van der Waals surface area contributed by atoms with Gasteiger partial charge in [-0.1, -0.05) is 83.9 Å². The highest BCUT2D eigenvalue weighted by molar-refractivity contribution is 7.89. The van der Waals surface area contributed by atoms with Gasteiger partial charge in [0.05, 0.1) is 39.0 Å². The summed E-state index contributed by atoms with van der Waals surface area (Å²) in [7, 11) is -2.19. The highest BCUT2D eigenvalue weighted by Gasteiger charge is 2.31. The minimum absolute atomic E-state index is 0.0229. The monoisotopic (exact) mass is 978 g/mol. The minimum atomic E-state index is -3.70. The normalized spacial score (nSPS) is 20.7. The second-order valence-corrected chi connectivity index (χ2v) is 21.9. The average Bonchev–Trinajstić information content (AvgIpc) is 3.83. The van der Waals surface area contributed by atoms with Gasteiger partial charge in [-0.15, -0.1) is 0 Å². The minimum Gasteiger partial charge on any atom is -0.481 e. The van der Waals surface area contributed by atoms with Crippen LogP contribution in [-0.2, 0) is 64.7 Å². The number of carboxylic acid groups (broad SMARTS) is 1. The van der Waals surface area contributed by atoms with Crippen molar-refractivity contribution in [3.63, 3.8) is 0 Å². The molecule has 354 valence electrons. The van der Waals surface area contributed by atoms with Crippen molar-refractivity contribution >= 4 is 70.4 Å². The molecule has 4 aromatic carbocycles. The van der Waals surface area contributed by atoms with Crippen molar-refractivity contribution in [1.29, 1.82) is 0 Å². The third kappa shape index (κ3) is 12.2. The van der Waals surface area contributed by atoms with Crippen molar-refractivity contribution in [1.82, 2.24) is 9.44 Å². The Hall–Kier alpha value is -3.89. The van der Waals surface area contributed by atoms with Gasteiger partial charge in [-0.2, -0.15) is 0 Å². The first kappa shape index (κ1) is 50.0. The van der Waals surface area contributed by atoms with Crippen LogP contribution in [0.25, 0.3) is 21.2 Å². The fourth-order valence-electron chi connectivity index (χ4n) is 9.41. The van der Waals surface area contributed by atoms with E-state index in [1.807, 2.05) is 18.2 Å². The van der Waals surface area contributed by atoms with Crippen molar-refractivity contribution < 1.29 is 40.9 Å². The number of hydrogen-bond acceptors (Lipinski definition) is 8. The van der Waals surface area contributed by atoms with Gasteiger partial charge in [0.15, 0.2) is 0 Å². The second kappa shape index (κ2) is 22.5. The lowest BCUT2D eigenvalue weighted by molar-refractivity contribution is -0.142. The van der Waals surface area contributed by atoms with Gasteiger partial charge in [0.25, 0.3) is 0 Å². The van der Waals surface area contributed by atoms with Crippen molar-refractivity contribution in [2.45, 2.75) is 98.9 Å². The van der Waals surface area contributed by atoms with E-state index >= 15 is 0 Å². The van der Waals surface area contributed by atoms with Crippen LogP contribution in [0, 0.1) is 11.8 Å². The van der Waals surface area contributed by atoms with Crippen LogP contribution in [0.1, 0.15) is 95.9 Å². The number of benzene rings is 4. The summed E-state index contributed by atoms with van der Waals surface area (Å²) in [5, 5.41) is 10.5. The highest BCUT2D eigenvalue weighted by Crippen LogP contribution is 2.43. The highest BCUT2D eigenvalue weighted by atomic mass is 35.5. The van der Waals surface area contributed by atoms with Crippen LogP contribution in [0.2, 0.25) is 0 Å².